The van der Waals surface area contributed by atoms with E-state index < -0.39 is 0 Å². The molecule has 5 aromatic heterocycles. The highest BCUT2D eigenvalue weighted by Crippen LogP contribution is 2.43. The average molecular weight is 671 g/mol. The van der Waals surface area contributed by atoms with Crippen LogP contribution >= 0.6 is 11.3 Å². The summed E-state index contributed by atoms with van der Waals surface area (Å²) in [6, 6.07) is 52.8. The number of hydrogen-bond acceptors (Lipinski definition) is 5. The van der Waals surface area contributed by atoms with Gasteiger partial charge in [-0.05, 0) is 54.6 Å². The number of hydrogen-bond donors (Lipinski definition) is 0. The summed E-state index contributed by atoms with van der Waals surface area (Å²) in [5.41, 5.74) is 7.98. The van der Waals surface area contributed by atoms with Crippen LogP contribution in [0.4, 0.5) is 0 Å². The Morgan fingerprint density at radius 1 is 0.431 bits per heavy atom. The van der Waals surface area contributed by atoms with Crippen LogP contribution in [0.1, 0.15) is 0 Å². The molecule has 7 heteroatoms. The fourth-order valence-electron chi connectivity index (χ4n) is 7.69. The molecule has 5 heterocycles. The van der Waals surface area contributed by atoms with Crippen LogP contribution in [0.2, 0.25) is 0 Å². The monoisotopic (exact) mass is 670 g/mol. The summed E-state index contributed by atoms with van der Waals surface area (Å²) < 4.78 is 7.01. The quantitative estimate of drug-likeness (QED) is 0.187. The van der Waals surface area contributed by atoms with Crippen molar-refractivity contribution in [3.8, 4) is 34.4 Å². The Labute approximate surface area is 295 Å². The van der Waals surface area contributed by atoms with Crippen molar-refractivity contribution in [1.82, 2.24) is 29.1 Å². The van der Waals surface area contributed by atoms with Crippen molar-refractivity contribution in [2.45, 2.75) is 0 Å². The van der Waals surface area contributed by atoms with E-state index in [4.69, 9.17) is 19.9 Å². The number of fused-ring (bicyclic) bond motifs is 10. The van der Waals surface area contributed by atoms with E-state index >= 15 is 0 Å². The molecule has 51 heavy (non-hydrogen) atoms. The molecule has 0 N–H and O–H groups in total. The highest BCUT2D eigenvalue weighted by atomic mass is 32.1. The molecule has 11 rings (SSSR count). The van der Waals surface area contributed by atoms with Gasteiger partial charge in [0.2, 0.25) is 5.95 Å². The van der Waals surface area contributed by atoms with Gasteiger partial charge in [0.15, 0.2) is 11.6 Å². The summed E-state index contributed by atoms with van der Waals surface area (Å²) in [6.45, 7) is 0. The van der Waals surface area contributed by atoms with E-state index in [0.717, 1.165) is 60.6 Å². The molecular weight excluding hydrogens is 645 g/mol. The van der Waals surface area contributed by atoms with Gasteiger partial charge in [0.25, 0.3) is 0 Å². The van der Waals surface area contributed by atoms with Crippen molar-refractivity contribution in [2.75, 3.05) is 0 Å². The van der Waals surface area contributed by atoms with Gasteiger partial charge < -0.3 is 4.57 Å². The molecule has 0 atom stereocenters. The first-order valence-electron chi connectivity index (χ1n) is 16.9. The van der Waals surface area contributed by atoms with Crippen LogP contribution in [0.3, 0.4) is 0 Å². The minimum atomic E-state index is 0.571. The Bertz CT molecular complexity index is 3100. The highest BCUT2D eigenvalue weighted by molar-refractivity contribution is 7.26. The van der Waals surface area contributed by atoms with Crippen molar-refractivity contribution in [1.29, 1.82) is 0 Å². The summed E-state index contributed by atoms with van der Waals surface area (Å²) >= 11 is 1.82. The number of nitrogens with zero attached hydrogens (tertiary/aromatic N) is 6. The second-order valence-corrected chi connectivity index (χ2v) is 13.8. The maximum absolute atomic E-state index is 5.30. The molecule has 6 nitrogen and oxygen atoms in total. The molecule has 6 aromatic carbocycles. The minimum Gasteiger partial charge on any atom is -0.307 e. The third-order valence-electron chi connectivity index (χ3n) is 9.85. The predicted octanol–water partition coefficient (Wildman–Crippen LogP) is 11.2. The fourth-order valence-corrected chi connectivity index (χ4v) is 8.80. The van der Waals surface area contributed by atoms with Crippen LogP contribution in [-0.2, 0) is 0 Å². The van der Waals surface area contributed by atoms with Gasteiger partial charge in [-0.15, -0.1) is 11.3 Å². The van der Waals surface area contributed by atoms with Crippen molar-refractivity contribution >= 4 is 75.3 Å². The van der Waals surface area contributed by atoms with Crippen molar-refractivity contribution in [3.63, 3.8) is 0 Å². The number of pyridine rings is 1. The Balaban J connectivity index is 1.23. The zero-order valence-corrected chi connectivity index (χ0v) is 27.9. The Morgan fingerprint density at radius 3 is 1.92 bits per heavy atom. The topological polar surface area (TPSA) is 61.4 Å². The zero-order valence-electron chi connectivity index (χ0n) is 27.1. The van der Waals surface area contributed by atoms with Gasteiger partial charge in [-0.3, -0.25) is 9.55 Å². The SMILES string of the molecule is c1ccc(-c2nc(-c3ccccc3-n3c4cccnc4c4c5c(ccc43)sc3ccccc35)nc(-n3c4ccccc4c4ccccc43)n2)cc1. The number of rotatable bonds is 4. The first kappa shape index (κ1) is 28.2. The van der Waals surface area contributed by atoms with Crippen LogP contribution < -0.4 is 0 Å². The lowest BCUT2D eigenvalue weighted by Gasteiger charge is -2.15. The lowest BCUT2D eigenvalue weighted by molar-refractivity contribution is 0.951. The van der Waals surface area contributed by atoms with Crippen LogP contribution in [0.5, 0.6) is 0 Å². The number of aromatic nitrogens is 6. The molecule has 11 aromatic rings. The van der Waals surface area contributed by atoms with Crippen LogP contribution in [-0.4, -0.2) is 29.1 Å². The molecule has 0 bridgehead atoms. The molecular formula is C44H26N6S. The van der Waals surface area contributed by atoms with Crippen molar-refractivity contribution in [3.05, 3.63) is 158 Å². The Hall–Kier alpha value is -6.70. The van der Waals surface area contributed by atoms with E-state index in [9.17, 15) is 0 Å². The summed E-state index contributed by atoms with van der Waals surface area (Å²) in [5.74, 6) is 1.78. The van der Waals surface area contributed by atoms with E-state index in [1.807, 2.05) is 41.8 Å². The molecule has 0 aliphatic rings. The van der Waals surface area contributed by atoms with Crippen molar-refractivity contribution < 1.29 is 0 Å². The molecule has 0 unspecified atom stereocenters. The Kier molecular flexibility index (Phi) is 6.02. The van der Waals surface area contributed by atoms with E-state index in [0.29, 0.717) is 17.6 Å². The molecule has 0 aliphatic heterocycles. The second-order valence-electron chi connectivity index (χ2n) is 12.7. The van der Waals surface area contributed by atoms with E-state index in [-0.39, 0.29) is 0 Å². The standard InChI is InChI=1S/C44H26N6S/c1-2-13-27(14-3-1)42-46-43(48-44(47-42)50-32-19-8-4-15-28(32)29-16-5-9-20-33(29)50)30-17-6-10-21-34(30)49-35-24-25-38-39(31-18-7-11-23-37(31)51-38)40(35)41-36(49)22-12-26-45-41/h1-26H. The van der Waals surface area contributed by atoms with Gasteiger partial charge >= 0.3 is 0 Å². The third-order valence-corrected chi connectivity index (χ3v) is 11.0. The highest BCUT2D eigenvalue weighted by Gasteiger charge is 2.23. The molecule has 0 radical (unpaired) electrons. The van der Waals surface area contributed by atoms with Gasteiger partial charge in [-0.1, -0.05) is 97.1 Å². The first-order chi connectivity index (χ1) is 25.3. The summed E-state index contributed by atoms with van der Waals surface area (Å²) in [4.78, 5) is 20.6. The Morgan fingerprint density at radius 2 is 1.10 bits per heavy atom. The maximum atomic E-state index is 5.30. The van der Waals surface area contributed by atoms with Crippen LogP contribution in [0, 0.1) is 0 Å². The van der Waals surface area contributed by atoms with Crippen LogP contribution in [0.25, 0.3) is 98.3 Å². The molecule has 0 saturated heterocycles. The van der Waals surface area contributed by atoms with E-state index in [2.05, 4.69) is 137 Å². The molecule has 0 amide bonds. The smallest absolute Gasteiger partial charge is 0.238 e. The lowest BCUT2D eigenvalue weighted by atomic mass is 10.1. The lowest BCUT2D eigenvalue weighted by Crippen LogP contribution is -2.07. The normalized spacial score (nSPS) is 11.9. The summed E-state index contributed by atoms with van der Waals surface area (Å²) in [7, 11) is 0. The number of benzene rings is 6. The number of para-hydroxylation sites is 3. The van der Waals surface area contributed by atoms with E-state index in [1.54, 1.807) is 0 Å². The largest absolute Gasteiger partial charge is 0.307 e. The van der Waals surface area contributed by atoms with Gasteiger partial charge in [-0.25, -0.2) is 4.98 Å². The molecule has 0 spiro atoms. The molecule has 0 fully saturated rings. The molecule has 0 saturated carbocycles. The van der Waals surface area contributed by atoms with Crippen molar-refractivity contribution in [2.24, 2.45) is 0 Å². The second kappa shape index (κ2) is 10.9. The molecule has 238 valence electrons. The van der Waals surface area contributed by atoms with Gasteiger partial charge in [0.05, 0.1) is 33.3 Å². The minimum absolute atomic E-state index is 0.571. The van der Waals surface area contributed by atoms with Crippen LogP contribution in [0.15, 0.2) is 158 Å². The average Bonchev–Trinajstić information content (AvgIpc) is 3.86. The number of thiophene rings is 1. The summed E-state index contributed by atoms with van der Waals surface area (Å²) in [6.07, 6.45) is 1.89. The first-order valence-corrected chi connectivity index (χ1v) is 17.7. The summed E-state index contributed by atoms with van der Waals surface area (Å²) in [5, 5.41) is 5.96. The van der Waals surface area contributed by atoms with Gasteiger partial charge in [0.1, 0.15) is 0 Å². The third kappa shape index (κ3) is 4.16. The molecule has 0 aliphatic carbocycles. The fraction of sp³-hybridized carbons (Fsp3) is 0. The van der Waals surface area contributed by atoms with Gasteiger partial charge in [-0.2, -0.15) is 9.97 Å². The zero-order chi connectivity index (χ0) is 33.5. The van der Waals surface area contributed by atoms with Gasteiger partial charge in [0, 0.05) is 53.7 Å². The predicted molar refractivity (Wildman–Crippen MR) is 210 cm³/mol. The van der Waals surface area contributed by atoms with E-state index in [1.165, 1.54) is 20.2 Å². The maximum Gasteiger partial charge on any atom is 0.238 e.